The van der Waals surface area contributed by atoms with Crippen molar-refractivity contribution in [1.82, 2.24) is 4.90 Å². The van der Waals surface area contributed by atoms with Crippen LogP contribution in [0.5, 0.6) is 5.75 Å². The second-order valence-corrected chi connectivity index (χ2v) is 7.02. The minimum atomic E-state index is -0.479. The fourth-order valence-electron chi connectivity index (χ4n) is 4.37. The number of rotatable bonds is 5. The molecule has 0 aromatic heterocycles. The molecule has 1 aliphatic carbocycles. The Morgan fingerprint density at radius 3 is 2.36 bits per heavy atom. The van der Waals surface area contributed by atoms with Gasteiger partial charge in [0.15, 0.2) is 0 Å². The van der Waals surface area contributed by atoms with Crippen molar-refractivity contribution >= 4 is 5.78 Å². The largest absolute Gasteiger partial charge is 0.497 e. The molecule has 2 unspecified atom stereocenters. The van der Waals surface area contributed by atoms with Crippen molar-refractivity contribution in [3.8, 4) is 5.75 Å². The van der Waals surface area contributed by atoms with Crippen molar-refractivity contribution < 1.29 is 9.53 Å². The Bertz CT molecular complexity index is 726. The Morgan fingerprint density at radius 2 is 1.72 bits per heavy atom. The van der Waals surface area contributed by atoms with Crippen molar-refractivity contribution in [2.24, 2.45) is 5.92 Å². The SMILES string of the molecule is COc1cccc(C(c2ccccc2)(C2CCCCC2=O)N(C)C)c1. The molecule has 3 rings (SSSR count). The molecule has 2 aromatic rings. The summed E-state index contributed by atoms with van der Waals surface area (Å²) in [6, 6.07) is 18.6. The van der Waals surface area contributed by atoms with E-state index in [9.17, 15) is 4.79 Å². The van der Waals surface area contributed by atoms with Crippen molar-refractivity contribution in [2.75, 3.05) is 21.2 Å². The Kier molecular flexibility index (Phi) is 5.24. The van der Waals surface area contributed by atoms with E-state index in [-0.39, 0.29) is 5.92 Å². The third-order valence-electron chi connectivity index (χ3n) is 5.49. The predicted octanol–water partition coefficient (Wildman–Crippen LogP) is 4.26. The summed E-state index contributed by atoms with van der Waals surface area (Å²) in [7, 11) is 5.84. The van der Waals surface area contributed by atoms with E-state index in [0.29, 0.717) is 12.2 Å². The molecule has 0 spiro atoms. The molecule has 2 atom stereocenters. The smallest absolute Gasteiger partial charge is 0.138 e. The topological polar surface area (TPSA) is 29.5 Å². The number of methoxy groups -OCH3 is 1. The highest BCUT2D eigenvalue weighted by Crippen LogP contribution is 2.46. The zero-order chi connectivity index (χ0) is 17.9. The maximum Gasteiger partial charge on any atom is 0.138 e. The fourth-order valence-corrected chi connectivity index (χ4v) is 4.37. The van der Waals surface area contributed by atoms with Gasteiger partial charge >= 0.3 is 0 Å². The van der Waals surface area contributed by atoms with Gasteiger partial charge in [-0.25, -0.2) is 0 Å². The minimum absolute atomic E-state index is 0.0502. The zero-order valence-electron chi connectivity index (χ0n) is 15.4. The quantitative estimate of drug-likeness (QED) is 0.816. The second-order valence-electron chi connectivity index (χ2n) is 7.02. The highest BCUT2D eigenvalue weighted by Gasteiger charge is 2.48. The van der Waals surface area contributed by atoms with Crippen molar-refractivity contribution in [3.63, 3.8) is 0 Å². The van der Waals surface area contributed by atoms with E-state index in [1.165, 1.54) is 0 Å². The van der Waals surface area contributed by atoms with E-state index in [4.69, 9.17) is 4.74 Å². The van der Waals surface area contributed by atoms with E-state index >= 15 is 0 Å². The first-order valence-corrected chi connectivity index (χ1v) is 9.01. The van der Waals surface area contributed by atoms with Crippen LogP contribution < -0.4 is 4.74 Å². The van der Waals surface area contributed by atoms with E-state index in [0.717, 1.165) is 36.1 Å². The van der Waals surface area contributed by atoms with Gasteiger partial charge < -0.3 is 4.74 Å². The molecule has 2 aromatic carbocycles. The molecule has 1 fully saturated rings. The van der Waals surface area contributed by atoms with Crippen molar-refractivity contribution in [3.05, 3.63) is 65.7 Å². The van der Waals surface area contributed by atoms with Crippen LogP contribution in [0.25, 0.3) is 0 Å². The summed E-state index contributed by atoms with van der Waals surface area (Å²) >= 11 is 0. The number of benzene rings is 2. The first-order chi connectivity index (χ1) is 12.1. The molecule has 3 nitrogen and oxygen atoms in total. The maximum atomic E-state index is 13.0. The standard InChI is InChI=1S/C22H27NO2/c1-23(2)22(17-10-5-4-6-11-17,20-14-7-8-15-21(20)24)18-12-9-13-19(16-18)25-3/h4-6,9-13,16,20H,7-8,14-15H2,1-3H3. The lowest BCUT2D eigenvalue weighted by Gasteiger charge is -2.47. The molecule has 3 heteroatoms. The van der Waals surface area contributed by atoms with E-state index in [1.807, 2.05) is 18.2 Å². The van der Waals surface area contributed by atoms with Crippen molar-refractivity contribution in [2.45, 2.75) is 31.2 Å². The third kappa shape index (κ3) is 3.09. The van der Waals surface area contributed by atoms with Gasteiger partial charge in [0.1, 0.15) is 11.5 Å². The van der Waals surface area contributed by atoms with E-state index in [2.05, 4.69) is 55.4 Å². The van der Waals surface area contributed by atoms with Gasteiger partial charge in [0.2, 0.25) is 0 Å². The summed E-state index contributed by atoms with van der Waals surface area (Å²) in [5.74, 6) is 1.14. The number of Topliss-reactive ketones (excluding diaryl/α,β-unsaturated/α-hetero) is 1. The number of ketones is 1. The molecule has 0 heterocycles. The molecule has 1 aliphatic rings. The lowest BCUT2D eigenvalue weighted by Crippen LogP contribution is -2.52. The monoisotopic (exact) mass is 337 g/mol. The number of hydrogen-bond donors (Lipinski definition) is 0. The van der Waals surface area contributed by atoms with Gasteiger partial charge in [-0.2, -0.15) is 0 Å². The Balaban J connectivity index is 2.26. The van der Waals surface area contributed by atoms with Gasteiger partial charge in [0.05, 0.1) is 12.6 Å². The number of nitrogens with zero attached hydrogens (tertiary/aromatic N) is 1. The summed E-state index contributed by atoms with van der Waals surface area (Å²) in [6.45, 7) is 0. The molecule has 0 N–H and O–H groups in total. The molecular weight excluding hydrogens is 310 g/mol. The second kappa shape index (κ2) is 7.40. The van der Waals surface area contributed by atoms with Crippen molar-refractivity contribution in [1.29, 1.82) is 0 Å². The summed E-state index contributed by atoms with van der Waals surface area (Å²) < 4.78 is 5.48. The molecule has 0 radical (unpaired) electrons. The van der Waals surface area contributed by atoms with Crippen LogP contribution >= 0.6 is 0 Å². The Labute approximate surface area is 150 Å². The number of carbonyl (C=O) groups is 1. The molecular formula is C22H27NO2. The molecule has 132 valence electrons. The van der Waals surface area contributed by atoms with Crippen LogP contribution in [0, 0.1) is 5.92 Å². The summed E-state index contributed by atoms with van der Waals surface area (Å²) in [6.07, 6.45) is 3.70. The lowest BCUT2D eigenvalue weighted by atomic mass is 9.66. The van der Waals surface area contributed by atoms with Crippen LogP contribution in [-0.4, -0.2) is 31.9 Å². The van der Waals surface area contributed by atoms with Gasteiger partial charge in [-0.1, -0.05) is 48.9 Å². The van der Waals surface area contributed by atoms with Crippen LogP contribution in [0.2, 0.25) is 0 Å². The maximum absolute atomic E-state index is 13.0. The lowest BCUT2D eigenvalue weighted by molar-refractivity contribution is -0.129. The van der Waals surface area contributed by atoms with Crippen LogP contribution in [0.15, 0.2) is 54.6 Å². The third-order valence-corrected chi connectivity index (χ3v) is 5.49. The Hall–Kier alpha value is -2.13. The zero-order valence-corrected chi connectivity index (χ0v) is 15.4. The Morgan fingerprint density at radius 1 is 1.00 bits per heavy atom. The first-order valence-electron chi connectivity index (χ1n) is 9.01. The number of hydrogen-bond acceptors (Lipinski definition) is 3. The average molecular weight is 337 g/mol. The van der Waals surface area contributed by atoms with Gasteiger partial charge in [0.25, 0.3) is 0 Å². The molecule has 1 saturated carbocycles. The van der Waals surface area contributed by atoms with Gasteiger partial charge in [-0.3, -0.25) is 9.69 Å². The van der Waals surface area contributed by atoms with Gasteiger partial charge in [-0.05, 0) is 50.2 Å². The highest BCUT2D eigenvalue weighted by atomic mass is 16.5. The summed E-state index contributed by atoms with van der Waals surface area (Å²) in [5, 5.41) is 0. The van der Waals surface area contributed by atoms with E-state index < -0.39 is 5.54 Å². The molecule has 0 saturated heterocycles. The van der Waals surface area contributed by atoms with Crippen LogP contribution in [0.3, 0.4) is 0 Å². The average Bonchev–Trinajstić information content (AvgIpc) is 2.64. The molecule has 0 bridgehead atoms. The number of carbonyl (C=O) groups excluding carboxylic acids is 1. The van der Waals surface area contributed by atoms with Crippen LogP contribution in [0.1, 0.15) is 36.8 Å². The first kappa shape index (κ1) is 17.7. The molecule has 25 heavy (non-hydrogen) atoms. The predicted molar refractivity (Wildman–Crippen MR) is 101 cm³/mol. The highest BCUT2D eigenvalue weighted by molar-refractivity contribution is 5.84. The number of ether oxygens (including phenoxy) is 1. The summed E-state index contributed by atoms with van der Waals surface area (Å²) in [4.78, 5) is 15.2. The minimum Gasteiger partial charge on any atom is -0.497 e. The fraction of sp³-hybridized carbons (Fsp3) is 0.409. The normalized spacial score (nSPS) is 20.3. The van der Waals surface area contributed by atoms with Gasteiger partial charge in [0, 0.05) is 12.3 Å². The molecule has 0 amide bonds. The van der Waals surface area contributed by atoms with E-state index in [1.54, 1.807) is 7.11 Å². The van der Waals surface area contributed by atoms with Crippen LogP contribution in [0.4, 0.5) is 0 Å². The summed E-state index contributed by atoms with van der Waals surface area (Å²) in [5.41, 5.74) is 1.80. The van der Waals surface area contributed by atoms with Crippen LogP contribution in [-0.2, 0) is 10.3 Å². The molecule has 0 aliphatic heterocycles. The van der Waals surface area contributed by atoms with Gasteiger partial charge in [-0.15, -0.1) is 0 Å².